The summed E-state index contributed by atoms with van der Waals surface area (Å²) in [5.41, 5.74) is 0.894. The monoisotopic (exact) mass is 373 g/mol. The number of methoxy groups -OCH3 is 1. The maximum absolute atomic E-state index is 13.7. The first-order valence-electron chi connectivity index (χ1n) is 7.79. The number of amides is 1. The van der Waals surface area contributed by atoms with Crippen LogP contribution in [0.1, 0.15) is 10.4 Å². The minimum Gasteiger partial charge on any atom is -0.497 e. The van der Waals surface area contributed by atoms with Crippen LogP contribution in [-0.4, -0.2) is 18.0 Å². The smallest absolute Gasteiger partial charge is 0.257 e. The van der Waals surface area contributed by atoms with Gasteiger partial charge >= 0.3 is 0 Å². The lowest BCUT2D eigenvalue weighted by Gasteiger charge is -2.10. The number of anilines is 3. The van der Waals surface area contributed by atoms with E-state index in [0.717, 1.165) is 17.8 Å². The lowest BCUT2D eigenvalue weighted by Crippen LogP contribution is -2.14. The van der Waals surface area contributed by atoms with Crippen molar-refractivity contribution in [2.24, 2.45) is 0 Å². The Morgan fingerprint density at radius 2 is 1.70 bits per heavy atom. The molecule has 5 nitrogen and oxygen atoms in total. The number of hydrogen-bond donors (Lipinski definition) is 2. The quantitative estimate of drug-likeness (QED) is 0.647. The van der Waals surface area contributed by atoms with Gasteiger partial charge in [0.15, 0.2) is 17.5 Å². The van der Waals surface area contributed by atoms with Crippen molar-refractivity contribution >= 4 is 23.0 Å². The van der Waals surface area contributed by atoms with E-state index in [1.165, 1.54) is 18.5 Å². The summed E-state index contributed by atoms with van der Waals surface area (Å²) < 4.78 is 45.0. The van der Waals surface area contributed by atoms with E-state index < -0.39 is 29.0 Å². The highest BCUT2D eigenvalue weighted by atomic mass is 19.2. The lowest BCUT2D eigenvalue weighted by molar-refractivity contribution is 0.102. The van der Waals surface area contributed by atoms with E-state index in [1.54, 1.807) is 31.4 Å². The third-order valence-corrected chi connectivity index (χ3v) is 3.66. The maximum atomic E-state index is 13.7. The van der Waals surface area contributed by atoms with Crippen molar-refractivity contribution in [1.29, 1.82) is 0 Å². The number of carbonyl (C=O) groups excluding carboxylic acids is 1. The van der Waals surface area contributed by atoms with E-state index in [2.05, 4.69) is 15.6 Å². The number of nitrogens with zero attached hydrogens (tertiary/aromatic N) is 1. The molecule has 1 amide bonds. The van der Waals surface area contributed by atoms with Crippen molar-refractivity contribution in [3.8, 4) is 5.75 Å². The zero-order valence-corrected chi connectivity index (χ0v) is 14.1. The molecule has 1 heterocycles. The third kappa shape index (κ3) is 4.17. The highest BCUT2D eigenvalue weighted by Gasteiger charge is 2.16. The predicted octanol–water partition coefficient (Wildman–Crippen LogP) is 4.50. The maximum Gasteiger partial charge on any atom is 0.257 e. The molecule has 138 valence electrons. The summed E-state index contributed by atoms with van der Waals surface area (Å²) >= 11 is 0. The Kier molecular flexibility index (Phi) is 5.25. The fraction of sp³-hybridized carbons (Fsp3) is 0.0526. The molecule has 0 aliphatic rings. The van der Waals surface area contributed by atoms with Crippen molar-refractivity contribution in [2.75, 3.05) is 17.7 Å². The first-order valence-corrected chi connectivity index (χ1v) is 7.79. The van der Waals surface area contributed by atoms with Gasteiger partial charge in [-0.15, -0.1) is 0 Å². The largest absolute Gasteiger partial charge is 0.497 e. The van der Waals surface area contributed by atoms with Gasteiger partial charge in [-0.05, 0) is 42.5 Å². The van der Waals surface area contributed by atoms with Crippen LogP contribution in [-0.2, 0) is 0 Å². The molecular weight excluding hydrogens is 359 g/mol. The third-order valence-electron chi connectivity index (χ3n) is 3.66. The Bertz CT molecular complexity index is 978. The molecule has 0 spiro atoms. The number of benzene rings is 2. The molecule has 0 saturated heterocycles. The molecule has 0 aliphatic heterocycles. The Labute approximate surface area is 152 Å². The molecule has 0 radical (unpaired) electrons. The van der Waals surface area contributed by atoms with Crippen molar-refractivity contribution in [3.63, 3.8) is 0 Å². The topological polar surface area (TPSA) is 63.2 Å². The summed E-state index contributed by atoms with van der Waals surface area (Å²) in [6, 6.07) is 10.2. The van der Waals surface area contributed by atoms with Gasteiger partial charge in [0.2, 0.25) is 0 Å². The van der Waals surface area contributed by atoms with Crippen molar-refractivity contribution in [3.05, 3.63) is 77.9 Å². The molecular formula is C19H14F3N3O2. The van der Waals surface area contributed by atoms with E-state index in [9.17, 15) is 18.0 Å². The summed E-state index contributed by atoms with van der Waals surface area (Å²) in [6.45, 7) is 0. The van der Waals surface area contributed by atoms with Gasteiger partial charge in [-0.1, -0.05) is 0 Å². The van der Waals surface area contributed by atoms with Crippen molar-refractivity contribution in [2.45, 2.75) is 0 Å². The molecule has 2 N–H and O–H groups in total. The normalized spacial score (nSPS) is 10.4. The average Bonchev–Trinajstić information content (AvgIpc) is 2.69. The van der Waals surface area contributed by atoms with Crippen LogP contribution in [0.4, 0.5) is 30.2 Å². The molecule has 0 bridgehead atoms. The van der Waals surface area contributed by atoms with Gasteiger partial charge < -0.3 is 15.4 Å². The number of halogens is 3. The molecule has 0 saturated carbocycles. The molecule has 3 aromatic rings. The van der Waals surface area contributed by atoms with Crippen LogP contribution in [0.3, 0.4) is 0 Å². The second kappa shape index (κ2) is 7.77. The van der Waals surface area contributed by atoms with E-state index in [4.69, 9.17) is 4.74 Å². The first kappa shape index (κ1) is 18.2. The Hall–Kier alpha value is -3.55. The number of carbonyl (C=O) groups is 1. The fourth-order valence-electron chi connectivity index (χ4n) is 2.29. The molecule has 0 atom stereocenters. The van der Waals surface area contributed by atoms with Crippen molar-refractivity contribution in [1.82, 2.24) is 4.98 Å². The molecule has 1 aromatic heterocycles. The minimum atomic E-state index is -1.65. The summed E-state index contributed by atoms with van der Waals surface area (Å²) in [7, 11) is 1.56. The zero-order chi connectivity index (χ0) is 19.4. The van der Waals surface area contributed by atoms with Gasteiger partial charge in [0, 0.05) is 11.9 Å². The van der Waals surface area contributed by atoms with E-state index in [1.807, 2.05) is 0 Å². The van der Waals surface area contributed by atoms with Crippen LogP contribution in [0.15, 0.2) is 54.9 Å². The van der Waals surface area contributed by atoms with E-state index in [0.29, 0.717) is 11.4 Å². The summed E-state index contributed by atoms with van der Waals surface area (Å²) in [5.74, 6) is -4.48. The first-order chi connectivity index (χ1) is 13.0. The average molecular weight is 373 g/mol. The number of hydrogen-bond acceptors (Lipinski definition) is 4. The van der Waals surface area contributed by atoms with Gasteiger partial charge in [0.25, 0.3) is 5.91 Å². The van der Waals surface area contributed by atoms with Gasteiger partial charge in [0.1, 0.15) is 5.75 Å². The number of pyridine rings is 1. The van der Waals surface area contributed by atoms with E-state index in [-0.39, 0.29) is 5.56 Å². The number of aromatic nitrogens is 1. The Morgan fingerprint density at radius 1 is 0.963 bits per heavy atom. The number of rotatable bonds is 5. The second-order valence-electron chi connectivity index (χ2n) is 5.49. The van der Waals surface area contributed by atoms with Crippen LogP contribution in [0, 0.1) is 17.5 Å². The standard InChI is InChI=1S/C19H14F3N3O2/c1-27-14-4-2-12(3-5-14)24-13-8-11(9-23-10-13)19(26)25-16-7-6-15(20)17(21)18(16)22/h2-10,24H,1H3,(H,25,26). The fourth-order valence-corrected chi connectivity index (χ4v) is 2.29. The van der Waals surface area contributed by atoms with Gasteiger partial charge in [-0.2, -0.15) is 0 Å². The van der Waals surface area contributed by atoms with Gasteiger partial charge in [-0.3, -0.25) is 9.78 Å². The highest BCUT2D eigenvalue weighted by Crippen LogP contribution is 2.22. The molecule has 3 rings (SSSR count). The molecule has 27 heavy (non-hydrogen) atoms. The van der Waals surface area contributed by atoms with Crippen LogP contribution in [0.5, 0.6) is 5.75 Å². The zero-order valence-electron chi connectivity index (χ0n) is 14.1. The Morgan fingerprint density at radius 3 is 2.41 bits per heavy atom. The number of nitrogens with one attached hydrogen (secondary N) is 2. The van der Waals surface area contributed by atoms with Crippen LogP contribution in [0.2, 0.25) is 0 Å². The molecule has 2 aromatic carbocycles. The summed E-state index contributed by atoms with van der Waals surface area (Å²) in [4.78, 5) is 16.2. The SMILES string of the molecule is COc1ccc(Nc2cncc(C(=O)Nc3ccc(F)c(F)c3F)c2)cc1. The molecule has 0 aliphatic carbocycles. The second-order valence-corrected chi connectivity index (χ2v) is 5.49. The number of ether oxygens (including phenoxy) is 1. The Balaban J connectivity index is 1.76. The summed E-state index contributed by atoms with van der Waals surface area (Å²) in [5, 5.41) is 5.26. The predicted molar refractivity (Wildman–Crippen MR) is 94.8 cm³/mol. The van der Waals surface area contributed by atoms with Gasteiger partial charge in [-0.25, -0.2) is 13.2 Å². The van der Waals surface area contributed by atoms with Crippen LogP contribution >= 0.6 is 0 Å². The highest BCUT2D eigenvalue weighted by molar-refractivity contribution is 6.04. The molecule has 0 fully saturated rings. The summed E-state index contributed by atoms with van der Waals surface area (Å²) in [6.07, 6.45) is 2.77. The minimum absolute atomic E-state index is 0.109. The lowest BCUT2D eigenvalue weighted by atomic mass is 10.2. The molecule has 8 heteroatoms. The molecule has 0 unspecified atom stereocenters. The van der Waals surface area contributed by atoms with Crippen LogP contribution < -0.4 is 15.4 Å². The van der Waals surface area contributed by atoms with Crippen LogP contribution in [0.25, 0.3) is 0 Å². The van der Waals surface area contributed by atoms with Gasteiger partial charge in [0.05, 0.1) is 30.2 Å². The van der Waals surface area contributed by atoms with Crippen molar-refractivity contribution < 1.29 is 22.7 Å². The van der Waals surface area contributed by atoms with E-state index >= 15 is 0 Å².